The molecule has 1 heterocycles. The predicted octanol–water partition coefficient (Wildman–Crippen LogP) is 5.79. The summed E-state index contributed by atoms with van der Waals surface area (Å²) in [6.07, 6.45) is 2.49. The maximum Gasteiger partial charge on any atom is 0.251 e. The van der Waals surface area contributed by atoms with Gasteiger partial charge < -0.3 is 10.1 Å². The van der Waals surface area contributed by atoms with Crippen LogP contribution in [0.25, 0.3) is 16.7 Å². The van der Waals surface area contributed by atoms with Crippen LogP contribution in [0.15, 0.2) is 73.1 Å². The minimum atomic E-state index is -0.641. The monoisotopic (exact) mass is 489 g/mol. The summed E-state index contributed by atoms with van der Waals surface area (Å²) in [5, 5.41) is 3.24. The normalized spacial score (nSPS) is 12.0. The van der Waals surface area contributed by atoms with Gasteiger partial charge in [-0.3, -0.25) is 14.2 Å². The Kier molecular flexibility index (Phi) is 7.51. The number of benzene rings is 3. The number of ketones is 1. The van der Waals surface area contributed by atoms with Crippen molar-refractivity contribution in [3.8, 4) is 11.4 Å². The molecule has 7 heteroatoms. The average Bonchev–Trinajstić information content (AvgIpc) is 3.28. The number of aromatic nitrogens is 2. The molecule has 3 aromatic carbocycles. The van der Waals surface area contributed by atoms with Gasteiger partial charge in [0.05, 0.1) is 28.2 Å². The van der Waals surface area contributed by atoms with E-state index in [2.05, 4.69) is 10.3 Å². The fourth-order valence-electron chi connectivity index (χ4n) is 3.92. The molecule has 180 valence electrons. The van der Waals surface area contributed by atoms with Crippen LogP contribution in [0, 0.1) is 0 Å². The second-order valence-corrected chi connectivity index (χ2v) is 9.04. The average molecular weight is 490 g/mol. The molecule has 35 heavy (non-hydrogen) atoms. The van der Waals surface area contributed by atoms with Crippen LogP contribution in [0.3, 0.4) is 0 Å². The summed E-state index contributed by atoms with van der Waals surface area (Å²) in [4.78, 5) is 30.0. The lowest BCUT2D eigenvalue weighted by molar-refractivity contribution is -0.120. The maximum atomic E-state index is 12.9. The Morgan fingerprint density at radius 3 is 2.49 bits per heavy atom. The van der Waals surface area contributed by atoms with Gasteiger partial charge in [-0.25, -0.2) is 4.98 Å². The fraction of sp³-hybridized carbons (Fsp3) is 0.250. The zero-order valence-electron chi connectivity index (χ0n) is 20.0. The molecule has 0 bridgehead atoms. The first-order valence-corrected chi connectivity index (χ1v) is 12.0. The summed E-state index contributed by atoms with van der Waals surface area (Å²) in [7, 11) is 0. The number of halogens is 1. The molecule has 1 atom stereocenters. The third-order valence-corrected chi connectivity index (χ3v) is 6.00. The molecule has 4 rings (SSSR count). The molecule has 1 aromatic heterocycles. The van der Waals surface area contributed by atoms with Gasteiger partial charge in [-0.1, -0.05) is 42.8 Å². The van der Waals surface area contributed by atoms with Gasteiger partial charge >= 0.3 is 0 Å². The van der Waals surface area contributed by atoms with Gasteiger partial charge in [0.15, 0.2) is 5.78 Å². The maximum absolute atomic E-state index is 12.9. The number of imidazole rings is 1. The third-order valence-electron chi connectivity index (χ3n) is 5.71. The van der Waals surface area contributed by atoms with Crippen LogP contribution >= 0.6 is 11.6 Å². The van der Waals surface area contributed by atoms with E-state index in [1.165, 1.54) is 0 Å². The number of nitrogens with zero attached hydrogens (tertiary/aromatic N) is 2. The van der Waals surface area contributed by atoms with E-state index in [-0.39, 0.29) is 17.8 Å². The number of ether oxygens (including phenoxy) is 1. The Labute approximate surface area is 209 Å². The van der Waals surface area contributed by atoms with Crippen molar-refractivity contribution in [3.63, 3.8) is 0 Å². The number of para-hydroxylation sites is 2. The molecule has 0 aliphatic carbocycles. The molecule has 0 spiro atoms. The van der Waals surface area contributed by atoms with Crippen molar-refractivity contribution in [1.82, 2.24) is 14.9 Å². The van der Waals surface area contributed by atoms with Gasteiger partial charge in [0.1, 0.15) is 12.1 Å². The largest absolute Gasteiger partial charge is 0.489 e. The standard InChI is InChI=1S/C28H28ClN3O3/c1-4-26(33)24(31-28(34)20-11-14-27(22(29)16-20)35-18(2)3)15-19-9-12-21(13-10-19)32-17-30-23-7-5-6-8-25(23)32/h5-14,16-18,24H,4,15H2,1-3H3,(H,31,34). The van der Waals surface area contributed by atoms with Crippen molar-refractivity contribution in [3.05, 3.63) is 89.2 Å². The Morgan fingerprint density at radius 1 is 1.06 bits per heavy atom. The van der Waals surface area contributed by atoms with Gasteiger partial charge in [0, 0.05) is 17.7 Å². The molecular weight excluding hydrogens is 462 g/mol. The number of rotatable bonds is 9. The van der Waals surface area contributed by atoms with E-state index in [0.717, 1.165) is 22.3 Å². The predicted molar refractivity (Wildman–Crippen MR) is 139 cm³/mol. The van der Waals surface area contributed by atoms with Crippen molar-refractivity contribution in [2.75, 3.05) is 0 Å². The highest BCUT2D eigenvalue weighted by Crippen LogP contribution is 2.26. The van der Waals surface area contributed by atoms with Crippen molar-refractivity contribution < 1.29 is 14.3 Å². The topological polar surface area (TPSA) is 73.2 Å². The summed E-state index contributed by atoms with van der Waals surface area (Å²) in [5.41, 5.74) is 4.25. The van der Waals surface area contributed by atoms with Crippen LogP contribution in [0.4, 0.5) is 0 Å². The van der Waals surface area contributed by atoms with Crippen molar-refractivity contribution in [1.29, 1.82) is 0 Å². The van der Waals surface area contributed by atoms with Gasteiger partial charge in [0.25, 0.3) is 5.91 Å². The number of hydrogen-bond acceptors (Lipinski definition) is 4. The van der Waals surface area contributed by atoms with E-state index < -0.39 is 6.04 Å². The van der Waals surface area contributed by atoms with Crippen LogP contribution in [0.1, 0.15) is 43.1 Å². The summed E-state index contributed by atoms with van der Waals surface area (Å²) >= 11 is 6.29. The van der Waals surface area contributed by atoms with Gasteiger partial charge in [-0.15, -0.1) is 0 Å². The quantitative estimate of drug-likeness (QED) is 0.323. The lowest BCUT2D eigenvalue weighted by atomic mass is 10.00. The van der Waals surface area contributed by atoms with Gasteiger partial charge in [-0.2, -0.15) is 0 Å². The van der Waals surface area contributed by atoms with Crippen LogP contribution in [-0.2, 0) is 11.2 Å². The zero-order chi connectivity index (χ0) is 24.9. The molecule has 6 nitrogen and oxygen atoms in total. The second kappa shape index (κ2) is 10.7. The van der Waals surface area contributed by atoms with Crippen LogP contribution in [-0.4, -0.2) is 33.4 Å². The van der Waals surface area contributed by atoms with Gasteiger partial charge in [-0.05, 0) is 68.3 Å². The van der Waals surface area contributed by atoms with E-state index in [1.807, 2.05) is 66.9 Å². The van der Waals surface area contributed by atoms with Crippen LogP contribution in [0.5, 0.6) is 5.75 Å². The lowest BCUT2D eigenvalue weighted by Crippen LogP contribution is -2.42. The highest BCUT2D eigenvalue weighted by atomic mass is 35.5. The second-order valence-electron chi connectivity index (χ2n) is 8.63. The van der Waals surface area contributed by atoms with Gasteiger partial charge in [0.2, 0.25) is 0 Å². The smallest absolute Gasteiger partial charge is 0.251 e. The number of amides is 1. The molecule has 4 aromatic rings. The molecule has 0 aliphatic rings. The van der Waals surface area contributed by atoms with Crippen LogP contribution < -0.4 is 10.1 Å². The molecule has 0 radical (unpaired) electrons. The zero-order valence-corrected chi connectivity index (χ0v) is 20.8. The summed E-state index contributed by atoms with van der Waals surface area (Å²) in [5.74, 6) is 0.135. The third kappa shape index (κ3) is 5.72. The van der Waals surface area contributed by atoms with E-state index in [4.69, 9.17) is 16.3 Å². The van der Waals surface area contributed by atoms with E-state index in [1.54, 1.807) is 31.5 Å². The van der Waals surface area contributed by atoms with Crippen LogP contribution in [0.2, 0.25) is 5.02 Å². The molecule has 1 N–H and O–H groups in total. The number of Topliss-reactive ketones (excluding diaryl/α,β-unsaturated/α-hetero) is 1. The highest BCUT2D eigenvalue weighted by molar-refractivity contribution is 6.32. The van der Waals surface area contributed by atoms with E-state index >= 15 is 0 Å². The van der Waals surface area contributed by atoms with Crippen molar-refractivity contribution in [2.24, 2.45) is 0 Å². The summed E-state index contributed by atoms with van der Waals surface area (Å²) < 4.78 is 7.65. The Balaban J connectivity index is 1.49. The van der Waals surface area contributed by atoms with E-state index in [9.17, 15) is 9.59 Å². The number of nitrogens with one attached hydrogen (secondary N) is 1. The first kappa shape index (κ1) is 24.5. The minimum Gasteiger partial charge on any atom is -0.489 e. The molecular formula is C28H28ClN3O3. The fourth-order valence-corrected chi connectivity index (χ4v) is 4.14. The molecule has 0 saturated heterocycles. The molecule has 0 fully saturated rings. The van der Waals surface area contributed by atoms with E-state index in [0.29, 0.717) is 29.2 Å². The molecule has 1 amide bonds. The highest BCUT2D eigenvalue weighted by Gasteiger charge is 2.21. The molecule has 1 unspecified atom stereocenters. The van der Waals surface area contributed by atoms with Crippen molar-refractivity contribution in [2.45, 2.75) is 45.8 Å². The van der Waals surface area contributed by atoms with Crippen molar-refractivity contribution >= 4 is 34.3 Å². The Bertz CT molecular complexity index is 1350. The SMILES string of the molecule is CCC(=O)C(Cc1ccc(-n2cnc3ccccc32)cc1)NC(=O)c1ccc(OC(C)C)c(Cl)c1. The first-order chi connectivity index (χ1) is 16.9. The first-order valence-electron chi connectivity index (χ1n) is 11.7. The summed E-state index contributed by atoms with van der Waals surface area (Å²) in [6.45, 7) is 5.60. The molecule has 0 aliphatic heterocycles. The lowest BCUT2D eigenvalue weighted by Gasteiger charge is -2.18. The number of hydrogen-bond donors (Lipinski definition) is 1. The molecule has 0 saturated carbocycles. The Morgan fingerprint density at radius 2 is 1.80 bits per heavy atom. The summed E-state index contributed by atoms with van der Waals surface area (Å²) in [6, 6.07) is 20.1. The number of fused-ring (bicyclic) bond motifs is 1. The minimum absolute atomic E-state index is 0.0300. The number of carbonyl (C=O) groups excluding carboxylic acids is 2. The number of carbonyl (C=O) groups is 2. The Hall–Kier alpha value is -3.64.